The summed E-state index contributed by atoms with van der Waals surface area (Å²) >= 11 is 0. The molecule has 2 atom stereocenters. The Morgan fingerprint density at radius 2 is 1.66 bits per heavy atom. The third-order valence-corrected chi connectivity index (χ3v) is 6.86. The molecule has 0 saturated carbocycles. The maximum Gasteiger partial charge on any atom is 0.132 e. The zero-order valence-electron chi connectivity index (χ0n) is 20.3. The fourth-order valence-electron chi connectivity index (χ4n) is 4.96. The van der Waals surface area contributed by atoms with Crippen molar-refractivity contribution in [2.45, 2.75) is 31.5 Å². The molecule has 4 heteroatoms. The van der Waals surface area contributed by atoms with Gasteiger partial charge in [-0.05, 0) is 41.6 Å². The highest BCUT2D eigenvalue weighted by Gasteiger charge is 2.27. The van der Waals surface area contributed by atoms with Crippen molar-refractivity contribution in [1.29, 1.82) is 0 Å². The van der Waals surface area contributed by atoms with E-state index in [4.69, 9.17) is 14.2 Å². The maximum absolute atomic E-state index is 6.51. The Labute approximate surface area is 207 Å². The molecule has 4 nitrogen and oxygen atoms in total. The maximum atomic E-state index is 6.51. The summed E-state index contributed by atoms with van der Waals surface area (Å²) in [7, 11) is 1.74. The van der Waals surface area contributed by atoms with E-state index in [9.17, 15) is 0 Å². The summed E-state index contributed by atoms with van der Waals surface area (Å²) in [5, 5.41) is 5.82. The summed E-state index contributed by atoms with van der Waals surface area (Å²) in [6.07, 6.45) is 2.08. The van der Waals surface area contributed by atoms with Gasteiger partial charge < -0.3 is 19.5 Å². The summed E-state index contributed by atoms with van der Waals surface area (Å²) in [6, 6.07) is 31.6. The van der Waals surface area contributed by atoms with Crippen molar-refractivity contribution in [3.05, 3.63) is 108 Å². The minimum Gasteiger partial charge on any atom is -0.496 e. The van der Waals surface area contributed by atoms with Gasteiger partial charge in [0.15, 0.2) is 0 Å². The molecule has 1 heterocycles. The van der Waals surface area contributed by atoms with Crippen LogP contribution < -0.4 is 14.8 Å². The number of para-hydroxylation sites is 1. The smallest absolute Gasteiger partial charge is 0.132 e. The zero-order chi connectivity index (χ0) is 23.9. The molecule has 0 radical (unpaired) electrons. The molecule has 1 fully saturated rings. The van der Waals surface area contributed by atoms with Crippen LogP contribution in [0.2, 0.25) is 0 Å². The van der Waals surface area contributed by atoms with Gasteiger partial charge in [-0.25, -0.2) is 0 Å². The van der Waals surface area contributed by atoms with Gasteiger partial charge in [-0.1, -0.05) is 78.9 Å². The van der Waals surface area contributed by atoms with Crippen LogP contribution in [0.4, 0.5) is 0 Å². The lowest BCUT2D eigenvalue weighted by atomic mass is 9.87. The van der Waals surface area contributed by atoms with E-state index < -0.39 is 0 Å². The van der Waals surface area contributed by atoms with Crippen molar-refractivity contribution in [1.82, 2.24) is 5.32 Å². The highest BCUT2D eigenvalue weighted by molar-refractivity contribution is 5.89. The number of benzene rings is 4. The summed E-state index contributed by atoms with van der Waals surface area (Å²) < 4.78 is 18.1. The predicted octanol–water partition coefficient (Wildman–Crippen LogP) is 6.13. The minimum atomic E-state index is 0.118. The number of hydrogen-bond donors (Lipinski definition) is 1. The number of fused-ring (bicyclic) bond motifs is 1. The van der Waals surface area contributed by atoms with Crippen molar-refractivity contribution in [3.63, 3.8) is 0 Å². The molecule has 5 rings (SSSR count). The highest BCUT2D eigenvalue weighted by Crippen LogP contribution is 2.33. The van der Waals surface area contributed by atoms with Crippen molar-refractivity contribution in [3.8, 4) is 11.5 Å². The van der Waals surface area contributed by atoms with E-state index in [-0.39, 0.29) is 6.10 Å². The summed E-state index contributed by atoms with van der Waals surface area (Å²) in [4.78, 5) is 0. The van der Waals surface area contributed by atoms with E-state index in [1.807, 2.05) is 36.4 Å². The Balaban J connectivity index is 1.22. The number of rotatable bonds is 9. The molecule has 0 aliphatic carbocycles. The summed E-state index contributed by atoms with van der Waals surface area (Å²) in [5.41, 5.74) is 3.72. The van der Waals surface area contributed by atoms with Gasteiger partial charge in [0.2, 0.25) is 0 Å². The van der Waals surface area contributed by atoms with Crippen LogP contribution in [0.1, 0.15) is 29.0 Å². The molecule has 2 unspecified atom stereocenters. The Kier molecular flexibility index (Phi) is 7.62. The molecule has 1 aliphatic rings. The third-order valence-electron chi connectivity index (χ3n) is 6.86. The lowest BCUT2D eigenvalue weighted by Gasteiger charge is -2.33. The molecular formula is C31H33NO3. The van der Waals surface area contributed by atoms with Crippen LogP contribution in [0.3, 0.4) is 0 Å². The summed E-state index contributed by atoms with van der Waals surface area (Å²) in [5.74, 6) is 2.20. The highest BCUT2D eigenvalue weighted by atomic mass is 16.5. The third kappa shape index (κ3) is 5.67. The van der Waals surface area contributed by atoms with Gasteiger partial charge in [-0.2, -0.15) is 0 Å². The topological polar surface area (TPSA) is 39.7 Å². The van der Waals surface area contributed by atoms with E-state index in [0.717, 1.165) is 48.4 Å². The van der Waals surface area contributed by atoms with Gasteiger partial charge in [0.25, 0.3) is 0 Å². The monoisotopic (exact) mass is 467 g/mol. The molecule has 0 aromatic heterocycles. The van der Waals surface area contributed by atoms with E-state index in [1.54, 1.807) is 7.11 Å². The van der Waals surface area contributed by atoms with Crippen molar-refractivity contribution in [2.75, 3.05) is 26.8 Å². The Bertz CT molecular complexity index is 1220. The Hall–Kier alpha value is -3.34. The van der Waals surface area contributed by atoms with Crippen LogP contribution in [-0.4, -0.2) is 32.9 Å². The minimum absolute atomic E-state index is 0.118. The van der Waals surface area contributed by atoms with Crippen LogP contribution in [0.5, 0.6) is 11.5 Å². The predicted molar refractivity (Wildman–Crippen MR) is 141 cm³/mol. The van der Waals surface area contributed by atoms with Gasteiger partial charge >= 0.3 is 0 Å². The first-order valence-electron chi connectivity index (χ1n) is 12.5. The first-order chi connectivity index (χ1) is 17.3. The van der Waals surface area contributed by atoms with E-state index in [2.05, 4.69) is 59.9 Å². The molecule has 35 heavy (non-hydrogen) atoms. The first-order valence-corrected chi connectivity index (χ1v) is 12.5. The zero-order valence-corrected chi connectivity index (χ0v) is 20.3. The molecular weight excluding hydrogens is 434 g/mol. The molecule has 0 amide bonds. The Morgan fingerprint density at radius 3 is 2.49 bits per heavy atom. The molecule has 4 aromatic rings. The second-order valence-electron chi connectivity index (χ2n) is 9.08. The van der Waals surface area contributed by atoms with Crippen molar-refractivity contribution < 1.29 is 14.2 Å². The lowest BCUT2D eigenvalue weighted by molar-refractivity contribution is 0.00990. The second kappa shape index (κ2) is 11.4. The standard InChI is InChI=1S/C31H33NO3/c1-33-31-26(16-15-24-7-5-6-10-29(24)31)22-35-30-21-32-19-17-28(30)25-13-11-23(12-14-25)18-20-34-27-8-3-2-4-9-27/h2-16,28,30,32H,17-22H2,1H3. The summed E-state index contributed by atoms with van der Waals surface area (Å²) in [6.45, 7) is 3.07. The van der Waals surface area contributed by atoms with Gasteiger partial charge in [-0.15, -0.1) is 0 Å². The van der Waals surface area contributed by atoms with Gasteiger partial charge in [0, 0.05) is 29.8 Å². The largest absolute Gasteiger partial charge is 0.496 e. The van der Waals surface area contributed by atoms with Crippen LogP contribution in [0.25, 0.3) is 10.8 Å². The molecule has 1 N–H and O–H groups in total. The number of ether oxygens (including phenoxy) is 3. The van der Waals surface area contributed by atoms with Gasteiger partial charge in [0.05, 0.1) is 26.4 Å². The fraction of sp³-hybridized carbons (Fsp3) is 0.290. The van der Waals surface area contributed by atoms with E-state index in [0.29, 0.717) is 19.1 Å². The quantitative estimate of drug-likeness (QED) is 0.321. The lowest BCUT2D eigenvalue weighted by Crippen LogP contribution is -2.41. The average molecular weight is 468 g/mol. The van der Waals surface area contributed by atoms with E-state index >= 15 is 0 Å². The van der Waals surface area contributed by atoms with Crippen LogP contribution >= 0.6 is 0 Å². The Morgan fingerprint density at radius 1 is 0.857 bits per heavy atom. The van der Waals surface area contributed by atoms with Crippen LogP contribution in [-0.2, 0) is 17.8 Å². The normalized spacial score (nSPS) is 17.9. The number of hydrogen-bond acceptors (Lipinski definition) is 4. The second-order valence-corrected chi connectivity index (χ2v) is 9.08. The van der Waals surface area contributed by atoms with Crippen LogP contribution in [0.15, 0.2) is 91.0 Å². The van der Waals surface area contributed by atoms with Gasteiger partial charge in [-0.3, -0.25) is 0 Å². The number of methoxy groups -OCH3 is 1. The first kappa shape index (κ1) is 23.4. The number of nitrogens with one attached hydrogen (secondary N) is 1. The molecule has 0 bridgehead atoms. The van der Waals surface area contributed by atoms with Crippen molar-refractivity contribution >= 4 is 10.8 Å². The van der Waals surface area contributed by atoms with Crippen LogP contribution in [0, 0.1) is 0 Å². The average Bonchev–Trinajstić information content (AvgIpc) is 2.93. The molecule has 1 aliphatic heterocycles. The number of piperidine rings is 1. The molecule has 1 saturated heterocycles. The van der Waals surface area contributed by atoms with Gasteiger partial charge in [0.1, 0.15) is 11.5 Å². The molecule has 0 spiro atoms. The van der Waals surface area contributed by atoms with Crippen molar-refractivity contribution in [2.24, 2.45) is 0 Å². The molecule has 4 aromatic carbocycles. The van der Waals surface area contributed by atoms with E-state index in [1.165, 1.54) is 16.5 Å². The molecule has 180 valence electrons. The SMILES string of the molecule is COc1c(COC2CNCCC2c2ccc(CCOc3ccccc3)cc2)ccc2ccccc12. The fourth-order valence-corrected chi connectivity index (χ4v) is 4.96.